The smallest absolute Gasteiger partial charge is 0.211 e. The number of hydrogen-bond donors (Lipinski definition) is 1. The van der Waals surface area contributed by atoms with E-state index >= 15 is 0 Å². The summed E-state index contributed by atoms with van der Waals surface area (Å²) in [6, 6.07) is 24.7. The van der Waals surface area contributed by atoms with Gasteiger partial charge in [0, 0.05) is 51.1 Å². The second kappa shape index (κ2) is 12.6. The molecule has 0 aromatic heterocycles. The minimum absolute atomic E-state index is 0.0205. The molecule has 44 heavy (non-hydrogen) atoms. The minimum Gasteiger partial charge on any atom is -0.315 e. The summed E-state index contributed by atoms with van der Waals surface area (Å²) in [5.74, 6) is -0.225. The molecule has 0 saturated carbocycles. The molecule has 0 saturated heterocycles. The van der Waals surface area contributed by atoms with Gasteiger partial charge >= 0.3 is 0 Å². The highest BCUT2D eigenvalue weighted by atomic mass is 32.2. The SMILES string of the molecule is C=C1CC=C(SOC2C=CC(C(C)(CC)c3ccc(N(C)SC4=CC(=N)C(=O)c5ccccc54)cc3)=CC2)c2ccccc21. The molecule has 6 rings (SSSR count). The fraction of sp³-hybridized carbons (Fsp3) is 0.211. The number of fused-ring (bicyclic) bond motifs is 2. The number of hydrogen-bond acceptors (Lipinski definition) is 6. The maximum absolute atomic E-state index is 12.5. The first-order valence-corrected chi connectivity index (χ1v) is 16.5. The van der Waals surface area contributed by atoms with E-state index in [2.05, 4.69) is 97.6 Å². The van der Waals surface area contributed by atoms with E-state index in [-0.39, 0.29) is 23.0 Å². The molecule has 222 valence electrons. The molecule has 0 bridgehead atoms. The third-order valence-corrected chi connectivity index (χ3v) is 10.8. The fourth-order valence-corrected chi connectivity index (χ4v) is 7.68. The van der Waals surface area contributed by atoms with Crippen molar-refractivity contribution in [3.8, 4) is 0 Å². The Labute approximate surface area is 269 Å². The Morgan fingerprint density at radius 1 is 0.955 bits per heavy atom. The molecule has 3 aliphatic carbocycles. The Bertz CT molecular complexity index is 1770. The van der Waals surface area contributed by atoms with E-state index in [4.69, 9.17) is 9.59 Å². The Morgan fingerprint density at radius 3 is 2.27 bits per heavy atom. The summed E-state index contributed by atoms with van der Waals surface area (Å²) in [5.41, 5.74) is 8.57. The number of nitrogens with one attached hydrogen (secondary N) is 1. The van der Waals surface area contributed by atoms with E-state index in [0.717, 1.165) is 45.9 Å². The number of allylic oxidation sites excluding steroid dienone is 5. The first-order chi connectivity index (χ1) is 21.3. The van der Waals surface area contributed by atoms with Crippen molar-refractivity contribution in [2.75, 3.05) is 11.4 Å². The predicted molar refractivity (Wildman–Crippen MR) is 189 cm³/mol. The maximum Gasteiger partial charge on any atom is 0.211 e. The first-order valence-electron chi connectivity index (χ1n) is 14.9. The van der Waals surface area contributed by atoms with E-state index in [1.807, 2.05) is 25.2 Å². The molecular formula is C38H36N2O2S2. The monoisotopic (exact) mass is 616 g/mol. The van der Waals surface area contributed by atoms with Gasteiger partial charge < -0.3 is 8.49 Å². The molecule has 2 atom stereocenters. The molecule has 0 aliphatic heterocycles. The van der Waals surface area contributed by atoms with E-state index < -0.39 is 0 Å². The molecule has 3 aromatic carbocycles. The average molecular weight is 617 g/mol. The van der Waals surface area contributed by atoms with Gasteiger partial charge in [0.15, 0.2) is 0 Å². The van der Waals surface area contributed by atoms with Gasteiger partial charge in [-0.25, -0.2) is 0 Å². The van der Waals surface area contributed by atoms with Crippen LogP contribution in [-0.4, -0.2) is 24.6 Å². The Kier molecular flexibility index (Phi) is 8.68. The number of carbonyl (C=O) groups excluding carboxylic acids is 1. The summed E-state index contributed by atoms with van der Waals surface area (Å²) in [4.78, 5) is 14.5. The number of Topliss-reactive ketones (excluding diaryl/α,β-unsaturated/α-hetero) is 1. The van der Waals surface area contributed by atoms with Crippen LogP contribution in [0.3, 0.4) is 0 Å². The number of rotatable bonds is 9. The van der Waals surface area contributed by atoms with Crippen LogP contribution in [-0.2, 0) is 9.60 Å². The topological polar surface area (TPSA) is 53.4 Å². The zero-order valence-corrected chi connectivity index (χ0v) is 26.9. The predicted octanol–water partition coefficient (Wildman–Crippen LogP) is 10.1. The fourth-order valence-electron chi connectivity index (χ4n) is 5.92. The van der Waals surface area contributed by atoms with Gasteiger partial charge in [0.25, 0.3) is 0 Å². The lowest BCUT2D eigenvalue weighted by atomic mass is 9.72. The Hall–Kier alpha value is -3.84. The van der Waals surface area contributed by atoms with Crippen molar-refractivity contribution in [3.63, 3.8) is 0 Å². The molecule has 3 aromatic rings. The van der Waals surface area contributed by atoms with Gasteiger partial charge in [0.1, 0.15) is 5.71 Å². The number of carbonyl (C=O) groups is 1. The molecule has 2 unspecified atom stereocenters. The Balaban J connectivity index is 1.11. The van der Waals surface area contributed by atoms with Crippen molar-refractivity contribution in [2.24, 2.45) is 0 Å². The van der Waals surface area contributed by atoms with Crippen LogP contribution >= 0.6 is 24.0 Å². The van der Waals surface area contributed by atoms with E-state index in [1.165, 1.54) is 46.3 Å². The van der Waals surface area contributed by atoms with Gasteiger partial charge in [-0.15, -0.1) is 0 Å². The third kappa shape index (κ3) is 5.82. The lowest BCUT2D eigenvalue weighted by molar-refractivity contribution is 0.106. The highest BCUT2D eigenvalue weighted by Crippen LogP contribution is 2.43. The first kappa shape index (κ1) is 30.2. The lowest BCUT2D eigenvalue weighted by Gasteiger charge is -2.33. The summed E-state index contributed by atoms with van der Waals surface area (Å²) >= 11 is 3.01. The van der Waals surface area contributed by atoms with Crippen molar-refractivity contribution >= 4 is 56.6 Å². The molecule has 6 heteroatoms. The van der Waals surface area contributed by atoms with Crippen molar-refractivity contribution < 1.29 is 8.98 Å². The summed E-state index contributed by atoms with van der Waals surface area (Å²) < 4.78 is 8.39. The normalized spacial score (nSPS) is 18.9. The van der Waals surface area contributed by atoms with Gasteiger partial charge in [0.2, 0.25) is 5.78 Å². The number of nitrogens with zero attached hydrogens (tertiary/aromatic N) is 1. The van der Waals surface area contributed by atoms with Crippen molar-refractivity contribution in [1.82, 2.24) is 0 Å². The lowest BCUT2D eigenvalue weighted by Crippen LogP contribution is -2.25. The maximum atomic E-state index is 12.5. The molecule has 0 spiro atoms. The van der Waals surface area contributed by atoms with E-state index in [0.29, 0.717) is 5.56 Å². The molecule has 3 aliphatic rings. The van der Waals surface area contributed by atoms with Crippen LogP contribution in [0.2, 0.25) is 0 Å². The average Bonchev–Trinajstić information content (AvgIpc) is 3.07. The van der Waals surface area contributed by atoms with Crippen LogP contribution in [0.4, 0.5) is 5.69 Å². The van der Waals surface area contributed by atoms with Gasteiger partial charge in [-0.2, -0.15) is 0 Å². The standard InChI is InChI=1S/C38H36N2O2S2/c1-5-38(3,27-17-21-29(22-18-27)42-44-35-23-14-25(2)30-10-6-7-11-31(30)35)26-15-19-28(20-16-26)40(4)43-36-24-34(39)37(41)33-13-9-8-12-32(33)36/h6-13,15-21,23-24,29,39H,2,5,14,22H2,1,3-4H3. The third-order valence-electron chi connectivity index (χ3n) is 8.83. The molecular weight excluding hydrogens is 581 g/mol. The second-order valence-corrected chi connectivity index (χ2v) is 13.5. The molecule has 0 radical (unpaired) electrons. The number of ketones is 1. The highest BCUT2D eigenvalue weighted by molar-refractivity contribution is 8.09. The quantitative estimate of drug-likeness (QED) is 0.192. The van der Waals surface area contributed by atoms with E-state index in [1.54, 1.807) is 12.1 Å². The highest BCUT2D eigenvalue weighted by Gasteiger charge is 2.30. The zero-order chi connectivity index (χ0) is 30.8. The molecule has 4 nitrogen and oxygen atoms in total. The van der Waals surface area contributed by atoms with Gasteiger partial charge in [-0.3, -0.25) is 10.2 Å². The van der Waals surface area contributed by atoms with Gasteiger partial charge in [-0.1, -0.05) is 105 Å². The summed E-state index contributed by atoms with van der Waals surface area (Å²) in [5, 5.41) is 8.15. The van der Waals surface area contributed by atoms with Crippen molar-refractivity contribution in [3.05, 3.63) is 143 Å². The molecule has 0 fully saturated rings. The van der Waals surface area contributed by atoms with Crippen molar-refractivity contribution in [1.29, 1.82) is 5.41 Å². The largest absolute Gasteiger partial charge is 0.315 e. The minimum atomic E-state index is -0.225. The zero-order valence-electron chi connectivity index (χ0n) is 25.3. The summed E-state index contributed by atoms with van der Waals surface area (Å²) in [7, 11) is 2.02. The van der Waals surface area contributed by atoms with E-state index in [9.17, 15) is 4.79 Å². The van der Waals surface area contributed by atoms with Crippen LogP contribution in [0.5, 0.6) is 0 Å². The number of anilines is 1. The summed E-state index contributed by atoms with van der Waals surface area (Å²) in [6.07, 6.45) is 13.3. The molecule has 1 N–H and O–H groups in total. The Morgan fingerprint density at radius 2 is 1.61 bits per heavy atom. The second-order valence-electron chi connectivity index (χ2n) is 11.5. The van der Waals surface area contributed by atoms with Crippen molar-refractivity contribution in [2.45, 2.75) is 44.6 Å². The van der Waals surface area contributed by atoms with Crippen LogP contribution in [0.1, 0.15) is 65.7 Å². The van der Waals surface area contributed by atoms with Crippen LogP contribution in [0, 0.1) is 5.41 Å². The molecule has 0 amide bonds. The van der Waals surface area contributed by atoms with Gasteiger partial charge in [-0.05, 0) is 77.3 Å². The number of benzene rings is 3. The molecule has 0 heterocycles. The van der Waals surface area contributed by atoms with Crippen LogP contribution in [0.25, 0.3) is 15.4 Å². The van der Waals surface area contributed by atoms with Crippen LogP contribution < -0.4 is 4.31 Å². The van der Waals surface area contributed by atoms with Crippen LogP contribution in [0.15, 0.2) is 115 Å². The van der Waals surface area contributed by atoms with Gasteiger partial charge in [0.05, 0.1) is 6.10 Å². The summed E-state index contributed by atoms with van der Waals surface area (Å²) in [6.45, 7) is 8.78.